The van der Waals surface area contributed by atoms with Gasteiger partial charge in [-0.15, -0.1) is 0 Å². The summed E-state index contributed by atoms with van der Waals surface area (Å²) in [6.45, 7) is 7.40. The summed E-state index contributed by atoms with van der Waals surface area (Å²) in [4.78, 5) is 2.20. The molecule has 13 heavy (non-hydrogen) atoms. The van der Waals surface area contributed by atoms with Crippen LogP contribution in [-0.4, -0.2) is 44.2 Å². The maximum absolute atomic E-state index is 5.85. The van der Waals surface area contributed by atoms with Gasteiger partial charge in [0.1, 0.15) is 0 Å². The van der Waals surface area contributed by atoms with Crippen LogP contribution < -0.4 is 11.1 Å². The highest BCUT2D eigenvalue weighted by molar-refractivity contribution is 4.72. The number of nitrogens with one attached hydrogen (secondary N) is 1. The van der Waals surface area contributed by atoms with Crippen molar-refractivity contribution >= 4 is 0 Å². The minimum Gasteiger partial charge on any atom is -0.326 e. The number of rotatable bonds is 7. The van der Waals surface area contributed by atoms with Gasteiger partial charge in [-0.05, 0) is 60.4 Å². The monoisotopic (exact) mass is 187 g/mol. The normalized spacial score (nSPS) is 12.5. The van der Waals surface area contributed by atoms with Gasteiger partial charge in [0.15, 0.2) is 0 Å². The topological polar surface area (TPSA) is 41.3 Å². The molecule has 80 valence electrons. The fourth-order valence-corrected chi connectivity index (χ4v) is 1.06. The average Bonchev–Trinajstić information content (AvgIpc) is 1.93. The van der Waals surface area contributed by atoms with Crippen molar-refractivity contribution < 1.29 is 0 Å². The second kappa shape index (κ2) is 6.35. The molecule has 0 radical (unpaired) electrons. The van der Waals surface area contributed by atoms with E-state index in [1.807, 2.05) is 0 Å². The van der Waals surface area contributed by atoms with Crippen LogP contribution in [0.2, 0.25) is 0 Å². The summed E-state index contributed by atoms with van der Waals surface area (Å²) >= 11 is 0. The molecular formula is C10H25N3. The molecule has 0 aromatic carbocycles. The lowest BCUT2D eigenvalue weighted by molar-refractivity contribution is 0.388. The standard InChI is InChI=1S/C10H25N3/c1-10(2,11)6-8-12-7-5-9-13(3)4/h12H,5-9,11H2,1-4H3. The van der Waals surface area contributed by atoms with E-state index in [0.717, 1.165) is 26.1 Å². The Bertz CT molecular complexity index is 116. The molecule has 3 nitrogen and oxygen atoms in total. The molecular weight excluding hydrogens is 162 g/mol. The van der Waals surface area contributed by atoms with Crippen molar-refractivity contribution in [2.75, 3.05) is 33.7 Å². The Labute approximate surface area is 82.7 Å². The van der Waals surface area contributed by atoms with Crippen molar-refractivity contribution in [1.29, 1.82) is 0 Å². The molecule has 0 saturated heterocycles. The molecule has 0 aromatic rings. The van der Waals surface area contributed by atoms with Gasteiger partial charge in [-0.3, -0.25) is 0 Å². The zero-order chi connectivity index (χ0) is 10.3. The Balaban J connectivity index is 3.09. The number of hydrogen-bond acceptors (Lipinski definition) is 3. The second-order valence-corrected chi connectivity index (χ2v) is 4.65. The zero-order valence-electron chi connectivity index (χ0n) is 9.56. The molecule has 0 saturated carbocycles. The fourth-order valence-electron chi connectivity index (χ4n) is 1.06. The summed E-state index contributed by atoms with van der Waals surface area (Å²) in [5.74, 6) is 0. The van der Waals surface area contributed by atoms with Crippen molar-refractivity contribution in [2.45, 2.75) is 32.2 Å². The van der Waals surface area contributed by atoms with E-state index in [1.165, 1.54) is 6.42 Å². The van der Waals surface area contributed by atoms with Crippen LogP contribution >= 0.6 is 0 Å². The van der Waals surface area contributed by atoms with Crippen molar-refractivity contribution in [2.24, 2.45) is 5.73 Å². The first-order valence-electron chi connectivity index (χ1n) is 5.06. The molecule has 0 fully saturated rings. The Kier molecular flexibility index (Phi) is 6.29. The number of hydrogen-bond donors (Lipinski definition) is 2. The first-order chi connectivity index (χ1) is 5.92. The molecule has 0 amide bonds. The fraction of sp³-hybridized carbons (Fsp3) is 1.00. The Hall–Kier alpha value is -0.120. The lowest BCUT2D eigenvalue weighted by Gasteiger charge is -2.18. The summed E-state index contributed by atoms with van der Waals surface area (Å²) in [5, 5.41) is 3.39. The number of nitrogens with two attached hydrogens (primary N) is 1. The van der Waals surface area contributed by atoms with Crippen LogP contribution in [0, 0.1) is 0 Å². The third kappa shape index (κ3) is 11.9. The van der Waals surface area contributed by atoms with Crippen LogP contribution in [0.3, 0.4) is 0 Å². The quantitative estimate of drug-likeness (QED) is 0.575. The van der Waals surface area contributed by atoms with Crippen LogP contribution in [0.5, 0.6) is 0 Å². The first-order valence-corrected chi connectivity index (χ1v) is 5.06. The maximum Gasteiger partial charge on any atom is 0.0109 e. The molecule has 0 aliphatic rings. The summed E-state index contributed by atoms with van der Waals surface area (Å²) in [6, 6.07) is 0. The predicted octanol–water partition coefficient (Wildman–Crippen LogP) is 0.655. The summed E-state index contributed by atoms with van der Waals surface area (Å²) in [5.41, 5.74) is 5.82. The van der Waals surface area contributed by atoms with Gasteiger partial charge in [-0.1, -0.05) is 0 Å². The van der Waals surface area contributed by atoms with Crippen LogP contribution in [0.15, 0.2) is 0 Å². The summed E-state index contributed by atoms with van der Waals surface area (Å²) < 4.78 is 0. The van der Waals surface area contributed by atoms with E-state index in [-0.39, 0.29) is 5.54 Å². The lowest BCUT2D eigenvalue weighted by Crippen LogP contribution is -2.36. The zero-order valence-corrected chi connectivity index (χ0v) is 9.56. The third-order valence-corrected chi connectivity index (χ3v) is 1.90. The van der Waals surface area contributed by atoms with Gasteiger partial charge in [-0.25, -0.2) is 0 Å². The van der Waals surface area contributed by atoms with Crippen molar-refractivity contribution in [1.82, 2.24) is 10.2 Å². The predicted molar refractivity (Wildman–Crippen MR) is 58.9 cm³/mol. The van der Waals surface area contributed by atoms with Gasteiger partial charge in [-0.2, -0.15) is 0 Å². The van der Waals surface area contributed by atoms with Crippen molar-refractivity contribution in [3.05, 3.63) is 0 Å². The molecule has 3 heteroatoms. The van der Waals surface area contributed by atoms with Crippen LogP contribution in [0.1, 0.15) is 26.7 Å². The highest BCUT2D eigenvalue weighted by Crippen LogP contribution is 2.00. The highest BCUT2D eigenvalue weighted by atomic mass is 15.1. The van der Waals surface area contributed by atoms with E-state index in [9.17, 15) is 0 Å². The van der Waals surface area contributed by atoms with Crippen LogP contribution in [-0.2, 0) is 0 Å². The molecule has 0 rings (SSSR count). The van der Waals surface area contributed by atoms with Gasteiger partial charge in [0, 0.05) is 5.54 Å². The largest absolute Gasteiger partial charge is 0.326 e. The van der Waals surface area contributed by atoms with E-state index in [1.54, 1.807) is 0 Å². The van der Waals surface area contributed by atoms with Crippen molar-refractivity contribution in [3.63, 3.8) is 0 Å². The van der Waals surface area contributed by atoms with Gasteiger partial charge in [0.05, 0.1) is 0 Å². The second-order valence-electron chi connectivity index (χ2n) is 4.65. The maximum atomic E-state index is 5.85. The first kappa shape index (κ1) is 12.9. The molecule has 0 aliphatic carbocycles. The number of nitrogens with zero attached hydrogens (tertiary/aromatic N) is 1. The minimum absolute atomic E-state index is 0.0332. The van der Waals surface area contributed by atoms with E-state index < -0.39 is 0 Å². The summed E-state index contributed by atoms with van der Waals surface area (Å²) in [7, 11) is 4.20. The highest BCUT2D eigenvalue weighted by Gasteiger charge is 2.08. The Morgan fingerprint density at radius 1 is 1.23 bits per heavy atom. The minimum atomic E-state index is -0.0332. The lowest BCUT2D eigenvalue weighted by atomic mass is 10.0. The molecule has 3 N–H and O–H groups in total. The van der Waals surface area contributed by atoms with E-state index in [4.69, 9.17) is 5.73 Å². The molecule has 0 unspecified atom stereocenters. The van der Waals surface area contributed by atoms with E-state index in [2.05, 4.69) is 38.2 Å². The summed E-state index contributed by atoms with van der Waals surface area (Å²) in [6.07, 6.45) is 2.24. The van der Waals surface area contributed by atoms with Gasteiger partial charge >= 0.3 is 0 Å². The van der Waals surface area contributed by atoms with Gasteiger partial charge in [0.25, 0.3) is 0 Å². The van der Waals surface area contributed by atoms with Crippen LogP contribution in [0.4, 0.5) is 0 Å². The molecule has 0 heterocycles. The third-order valence-electron chi connectivity index (χ3n) is 1.90. The molecule has 0 aliphatic heterocycles. The SMILES string of the molecule is CN(C)CCCNCCC(C)(C)N. The Morgan fingerprint density at radius 3 is 2.31 bits per heavy atom. The molecule has 0 aromatic heterocycles. The smallest absolute Gasteiger partial charge is 0.0109 e. The Morgan fingerprint density at radius 2 is 1.85 bits per heavy atom. The average molecular weight is 187 g/mol. The van der Waals surface area contributed by atoms with Crippen molar-refractivity contribution in [3.8, 4) is 0 Å². The van der Waals surface area contributed by atoms with Gasteiger partial charge < -0.3 is 16.0 Å². The van der Waals surface area contributed by atoms with E-state index >= 15 is 0 Å². The van der Waals surface area contributed by atoms with Crippen LogP contribution in [0.25, 0.3) is 0 Å². The van der Waals surface area contributed by atoms with Gasteiger partial charge in [0.2, 0.25) is 0 Å². The van der Waals surface area contributed by atoms with E-state index in [0.29, 0.717) is 0 Å². The molecule has 0 spiro atoms. The molecule has 0 bridgehead atoms. The molecule has 0 atom stereocenters.